The lowest BCUT2D eigenvalue weighted by Gasteiger charge is -2.28. The highest BCUT2D eigenvalue weighted by Gasteiger charge is 2.14. The van der Waals surface area contributed by atoms with Crippen LogP contribution in [0, 0.1) is 0 Å². The van der Waals surface area contributed by atoms with Gasteiger partial charge in [-0.05, 0) is 42.5 Å². The van der Waals surface area contributed by atoms with E-state index in [2.05, 4.69) is 26.1 Å². The molecule has 1 aliphatic heterocycles. The summed E-state index contributed by atoms with van der Waals surface area (Å²) in [6, 6.07) is 17.2. The lowest BCUT2D eigenvalue weighted by atomic mass is 10.2. The van der Waals surface area contributed by atoms with Gasteiger partial charge in [-0.25, -0.2) is 4.98 Å². The van der Waals surface area contributed by atoms with Crippen LogP contribution < -0.4 is 15.0 Å². The molecule has 1 saturated heterocycles. The number of carbonyl (C=O) groups is 1. The molecule has 2 heterocycles. The number of nitrogens with zero attached hydrogens (tertiary/aromatic N) is 2. The molecule has 0 atom stereocenters. The van der Waals surface area contributed by atoms with Crippen LogP contribution in [0.5, 0.6) is 5.75 Å². The normalized spacial score (nSPS) is 14.1. The Morgan fingerprint density at radius 3 is 2.68 bits per heavy atom. The highest BCUT2D eigenvalue weighted by molar-refractivity contribution is 9.10. The first-order chi connectivity index (χ1) is 13.7. The quantitative estimate of drug-likeness (QED) is 0.651. The van der Waals surface area contributed by atoms with E-state index in [4.69, 9.17) is 14.5 Å². The van der Waals surface area contributed by atoms with Crippen molar-refractivity contribution in [3.05, 3.63) is 59.1 Å². The molecule has 0 aliphatic carbocycles. The summed E-state index contributed by atoms with van der Waals surface area (Å²) in [5.41, 5.74) is 1.48. The topological polar surface area (TPSA) is 63.7 Å². The SMILES string of the molecule is O=C(COc1cccc2ccc(N3CCOCC3)nc12)Nc1ccc(Br)cc1. The minimum absolute atomic E-state index is 0.0847. The van der Waals surface area contributed by atoms with E-state index in [1.165, 1.54) is 0 Å². The van der Waals surface area contributed by atoms with Gasteiger partial charge in [0.15, 0.2) is 6.61 Å². The predicted octanol–water partition coefficient (Wildman–Crippen LogP) is 3.85. The number of benzene rings is 2. The smallest absolute Gasteiger partial charge is 0.262 e. The summed E-state index contributed by atoms with van der Waals surface area (Å²) in [5.74, 6) is 1.27. The van der Waals surface area contributed by atoms with Crippen LogP contribution in [0.15, 0.2) is 59.1 Å². The molecule has 1 aromatic heterocycles. The minimum Gasteiger partial charge on any atom is -0.481 e. The molecule has 2 aromatic carbocycles. The van der Waals surface area contributed by atoms with Crippen LogP contribution in [0.2, 0.25) is 0 Å². The number of hydrogen-bond acceptors (Lipinski definition) is 5. The third kappa shape index (κ3) is 4.43. The predicted molar refractivity (Wildman–Crippen MR) is 113 cm³/mol. The molecule has 28 heavy (non-hydrogen) atoms. The van der Waals surface area contributed by atoms with E-state index in [9.17, 15) is 4.79 Å². The summed E-state index contributed by atoms with van der Waals surface area (Å²) in [6.45, 7) is 2.95. The number of nitrogens with one attached hydrogen (secondary N) is 1. The first kappa shape index (κ1) is 18.7. The number of rotatable bonds is 5. The minimum atomic E-state index is -0.219. The Balaban J connectivity index is 1.48. The van der Waals surface area contributed by atoms with Gasteiger partial charge in [0, 0.05) is 28.6 Å². The summed E-state index contributed by atoms with van der Waals surface area (Å²) in [7, 11) is 0. The number of para-hydroxylation sites is 1. The van der Waals surface area contributed by atoms with Crippen molar-refractivity contribution in [1.82, 2.24) is 4.98 Å². The molecular formula is C21H20BrN3O3. The van der Waals surface area contributed by atoms with E-state index in [1.54, 1.807) is 0 Å². The van der Waals surface area contributed by atoms with Gasteiger partial charge in [-0.3, -0.25) is 4.79 Å². The molecule has 1 aliphatic rings. The average molecular weight is 442 g/mol. The average Bonchev–Trinajstić information content (AvgIpc) is 2.74. The molecule has 0 radical (unpaired) electrons. The van der Waals surface area contributed by atoms with E-state index >= 15 is 0 Å². The van der Waals surface area contributed by atoms with Crippen molar-refractivity contribution < 1.29 is 14.3 Å². The van der Waals surface area contributed by atoms with Gasteiger partial charge < -0.3 is 19.7 Å². The molecule has 1 amide bonds. The van der Waals surface area contributed by atoms with Crippen molar-refractivity contribution in [1.29, 1.82) is 0 Å². The van der Waals surface area contributed by atoms with Gasteiger partial charge in [0.2, 0.25) is 0 Å². The second kappa shape index (κ2) is 8.58. The number of amides is 1. The Hall–Kier alpha value is -2.64. The molecule has 144 valence electrons. The number of morpholine rings is 1. The number of carbonyl (C=O) groups excluding carboxylic acids is 1. The Labute approximate surface area is 171 Å². The zero-order valence-corrected chi connectivity index (χ0v) is 16.8. The molecule has 0 unspecified atom stereocenters. The number of hydrogen-bond donors (Lipinski definition) is 1. The number of fused-ring (bicyclic) bond motifs is 1. The van der Waals surface area contributed by atoms with Crippen LogP contribution >= 0.6 is 15.9 Å². The molecular weight excluding hydrogens is 422 g/mol. The largest absolute Gasteiger partial charge is 0.481 e. The van der Waals surface area contributed by atoms with Gasteiger partial charge in [0.25, 0.3) is 5.91 Å². The Morgan fingerprint density at radius 1 is 1.11 bits per heavy atom. The Morgan fingerprint density at radius 2 is 1.89 bits per heavy atom. The fraction of sp³-hybridized carbons (Fsp3) is 0.238. The van der Waals surface area contributed by atoms with Crippen LogP contribution in [0.1, 0.15) is 0 Å². The highest BCUT2D eigenvalue weighted by atomic mass is 79.9. The van der Waals surface area contributed by atoms with Gasteiger partial charge in [0.1, 0.15) is 17.1 Å². The number of ether oxygens (including phenoxy) is 2. The molecule has 0 saturated carbocycles. The molecule has 7 heteroatoms. The van der Waals surface area contributed by atoms with E-state index in [0.29, 0.717) is 19.0 Å². The van der Waals surface area contributed by atoms with Crippen molar-refractivity contribution in [3.63, 3.8) is 0 Å². The maximum absolute atomic E-state index is 12.2. The summed E-state index contributed by atoms with van der Waals surface area (Å²) in [6.07, 6.45) is 0. The summed E-state index contributed by atoms with van der Waals surface area (Å²) >= 11 is 3.38. The zero-order chi connectivity index (χ0) is 19.3. The number of halogens is 1. The van der Waals surface area contributed by atoms with Crippen molar-refractivity contribution in [2.45, 2.75) is 0 Å². The third-order valence-corrected chi connectivity index (χ3v) is 5.02. The lowest BCUT2D eigenvalue weighted by Crippen LogP contribution is -2.36. The first-order valence-corrected chi connectivity index (χ1v) is 9.89. The second-order valence-electron chi connectivity index (χ2n) is 6.44. The van der Waals surface area contributed by atoms with Crippen LogP contribution in [-0.2, 0) is 9.53 Å². The van der Waals surface area contributed by atoms with Gasteiger partial charge in [0.05, 0.1) is 13.2 Å². The van der Waals surface area contributed by atoms with E-state index < -0.39 is 0 Å². The van der Waals surface area contributed by atoms with Crippen LogP contribution in [0.3, 0.4) is 0 Å². The fourth-order valence-corrected chi connectivity index (χ4v) is 3.33. The van der Waals surface area contributed by atoms with Gasteiger partial charge >= 0.3 is 0 Å². The summed E-state index contributed by atoms with van der Waals surface area (Å²) < 4.78 is 12.2. The first-order valence-electron chi connectivity index (χ1n) is 9.10. The zero-order valence-electron chi connectivity index (χ0n) is 15.2. The summed E-state index contributed by atoms with van der Waals surface area (Å²) in [5, 5.41) is 3.80. The van der Waals surface area contributed by atoms with Crippen molar-refractivity contribution in [2.75, 3.05) is 43.1 Å². The monoisotopic (exact) mass is 441 g/mol. The Bertz CT molecular complexity index is 972. The van der Waals surface area contributed by atoms with E-state index in [-0.39, 0.29) is 12.5 Å². The van der Waals surface area contributed by atoms with Crippen molar-refractivity contribution in [3.8, 4) is 5.75 Å². The molecule has 4 rings (SSSR count). The molecule has 6 nitrogen and oxygen atoms in total. The Kier molecular flexibility index (Phi) is 5.73. The molecule has 3 aromatic rings. The van der Waals surface area contributed by atoms with Gasteiger partial charge in [-0.1, -0.05) is 28.1 Å². The third-order valence-electron chi connectivity index (χ3n) is 4.49. The fourth-order valence-electron chi connectivity index (χ4n) is 3.07. The van der Waals surface area contributed by atoms with Crippen LogP contribution in [-0.4, -0.2) is 43.8 Å². The van der Waals surface area contributed by atoms with Crippen LogP contribution in [0.25, 0.3) is 10.9 Å². The number of pyridine rings is 1. The lowest BCUT2D eigenvalue weighted by molar-refractivity contribution is -0.118. The van der Waals surface area contributed by atoms with Gasteiger partial charge in [-0.2, -0.15) is 0 Å². The van der Waals surface area contributed by atoms with Crippen molar-refractivity contribution in [2.24, 2.45) is 0 Å². The molecule has 1 N–H and O–H groups in total. The number of anilines is 2. The van der Waals surface area contributed by atoms with Crippen molar-refractivity contribution >= 4 is 44.2 Å². The van der Waals surface area contributed by atoms with E-state index in [1.807, 2.05) is 54.6 Å². The van der Waals surface area contributed by atoms with E-state index in [0.717, 1.165) is 40.0 Å². The molecule has 0 spiro atoms. The second-order valence-corrected chi connectivity index (χ2v) is 7.36. The maximum Gasteiger partial charge on any atom is 0.262 e. The standard InChI is InChI=1S/C21H20BrN3O3/c22-16-5-7-17(8-6-16)23-20(26)14-28-18-3-1-2-15-4-9-19(24-21(15)18)25-10-12-27-13-11-25/h1-9H,10-14H2,(H,23,26). The summed E-state index contributed by atoms with van der Waals surface area (Å²) in [4.78, 5) is 19.2. The molecule has 1 fully saturated rings. The highest BCUT2D eigenvalue weighted by Crippen LogP contribution is 2.27. The number of aromatic nitrogens is 1. The molecule has 0 bridgehead atoms. The van der Waals surface area contributed by atoms with Gasteiger partial charge in [-0.15, -0.1) is 0 Å². The van der Waals surface area contributed by atoms with Crippen LogP contribution in [0.4, 0.5) is 11.5 Å². The maximum atomic E-state index is 12.2.